The molecule has 0 saturated heterocycles. The predicted molar refractivity (Wildman–Crippen MR) is 58.8 cm³/mol. The molecule has 6 nitrogen and oxygen atoms in total. The third-order valence-electron chi connectivity index (χ3n) is 2.01. The minimum atomic E-state index is 0.112. The van der Waals surface area contributed by atoms with E-state index in [2.05, 4.69) is 25.0 Å². The molecule has 0 aliphatic carbocycles. The molecule has 3 aromatic heterocycles. The van der Waals surface area contributed by atoms with E-state index in [-0.39, 0.29) is 5.28 Å². The zero-order chi connectivity index (χ0) is 11.1. The van der Waals surface area contributed by atoms with Gasteiger partial charge in [-0.1, -0.05) is 11.6 Å². The number of nitrogens with zero attached hydrogens (tertiary/aromatic N) is 5. The van der Waals surface area contributed by atoms with Crippen molar-refractivity contribution >= 4 is 34.4 Å². The monoisotopic (exact) mass is 254 g/mol. The topological polar surface area (TPSA) is 72.3 Å². The van der Waals surface area contributed by atoms with Crippen molar-refractivity contribution in [1.29, 1.82) is 0 Å². The van der Waals surface area contributed by atoms with Crippen molar-refractivity contribution in [2.24, 2.45) is 0 Å². The van der Waals surface area contributed by atoms with Crippen LogP contribution in [-0.4, -0.2) is 29.7 Å². The minimum absolute atomic E-state index is 0.112. The first-order valence-corrected chi connectivity index (χ1v) is 5.07. The molecule has 0 aliphatic rings. The number of aromatic amines is 1. The van der Waals surface area contributed by atoms with Crippen molar-refractivity contribution in [2.45, 2.75) is 0 Å². The van der Waals surface area contributed by atoms with E-state index in [4.69, 9.17) is 23.2 Å². The molecule has 0 spiro atoms. The lowest BCUT2D eigenvalue weighted by Crippen LogP contribution is -2.00. The number of imidazole rings is 1. The van der Waals surface area contributed by atoms with Crippen molar-refractivity contribution in [3.05, 3.63) is 29.0 Å². The van der Waals surface area contributed by atoms with Gasteiger partial charge in [0.05, 0.1) is 23.7 Å². The molecule has 3 aromatic rings. The Balaban J connectivity index is 2.33. The summed E-state index contributed by atoms with van der Waals surface area (Å²) in [7, 11) is 0. The molecular formula is C8H4Cl2N6. The van der Waals surface area contributed by atoms with Crippen molar-refractivity contribution in [1.82, 2.24) is 29.7 Å². The van der Waals surface area contributed by atoms with Gasteiger partial charge < -0.3 is 4.98 Å². The maximum atomic E-state index is 5.79. The van der Waals surface area contributed by atoms with Crippen LogP contribution < -0.4 is 0 Å². The molecule has 0 amide bonds. The molecule has 0 bridgehead atoms. The first-order chi connectivity index (χ1) is 7.74. The highest BCUT2D eigenvalue weighted by Crippen LogP contribution is 2.18. The Hall–Kier alpha value is -1.66. The maximum absolute atomic E-state index is 5.79. The maximum Gasteiger partial charge on any atom is 0.226 e. The summed E-state index contributed by atoms with van der Waals surface area (Å²) in [6, 6.07) is 0. The van der Waals surface area contributed by atoms with Gasteiger partial charge in [0.1, 0.15) is 5.52 Å². The van der Waals surface area contributed by atoms with Gasteiger partial charge in [-0.05, 0) is 11.6 Å². The number of fused-ring (bicyclic) bond motifs is 1. The second-order valence-corrected chi connectivity index (χ2v) is 3.80. The van der Waals surface area contributed by atoms with E-state index < -0.39 is 0 Å². The fourth-order valence-electron chi connectivity index (χ4n) is 1.37. The Bertz CT molecular complexity index is 657. The van der Waals surface area contributed by atoms with Crippen LogP contribution in [0, 0.1) is 0 Å². The van der Waals surface area contributed by atoms with E-state index in [1.807, 2.05) is 0 Å². The molecule has 0 atom stereocenters. The first kappa shape index (κ1) is 9.56. The first-order valence-electron chi connectivity index (χ1n) is 4.31. The van der Waals surface area contributed by atoms with Crippen molar-refractivity contribution in [3.63, 3.8) is 0 Å². The second kappa shape index (κ2) is 3.43. The number of nitrogens with one attached hydrogen (secondary N) is 1. The lowest BCUT2D eigenvalue weighted by molar-refractivity contribution is 0.848. The fourth-order valence-corrected chi connectivity index (χ4v) is 1.67. The summed E-state index contributed by atoms with van der Waals surface area (Å²) in [6.07, 6.45) is 4.66. The smallest absolute Gasteiger partial charge is 0.226 e. The van der Waals surface area contributed by atoms with E-state index in [0.717, 1.165) is 0 Å². The quantitative estimate of drug-likeness (QED) is 0.673. The van der Waals surface area contributed by atoms with Gasteiger partial charge in [-0.15, -0.1) is 0 Å². The van der Waals surface area contributed by atoms with E-state index in [1.165, 1.54) is 17.2 Å². The Kier molecular flexibility index (Phi) is 2.05. The number of rotatable bonds is 1. The lowest BCUT2D eigenvalue weighted by Gasteiger charge is -2.01. The molecule has 0 radical (unpaired) electrons. The van der Waals surface area contributed by atoms with Gasteiger partial charge in [-0.3, -0.25) is 0 Å². The molecule has 3 heterocycles. The zero-order valence-corrected chi connectivity index (χ0v) is 9.24. The molecule has 80 valence electrons. The highest BCUT2D eigenvalue weighted by Gasteiger charge is 2.11. The number of hydrogen-bond acceptors (Lipinski definition) is 4. The Morgan fingerprint density at radius 3 is 2.88 bits per heavy atom. The van der Waals surface area contributed by atoms with Crippen LogP contribution in [0.25, 0.3) is 17.0 Å². The summed E-state index contributed by atoms with van der Waals surface area (Å²) in [5, 5.41) is 4.67. The molecule has 1 N–H and O–H groups in total. The van der Waals surface area contributed by atoms with E-state index in [1.54, 1.807) is 6.20 Å². The van der Waals surface area contributed by atoms with Gasteiger partial charge in [-0.2, -0.15) is 15.1 Å². The average molecular weight is 255 g/mol. The molecule has 0 unspecified atom stereocenters. The van der Waals surface area contributed by atoms with Crippen molar-refractivity contribution in [3.8, 4) is 5.82 Å². The van der Waals surface area contributed by atoms with E-state index in [9.17, 15) is 0 Å². The van der Waals surface area contributed by atoms with Crippen LogP contribution in [0.3, 0.4) is 0 Å². The number of aromatic nitrogens is 6. The standard InChI is InChI=1S/C8H4Cl2N6/c9-4-1-13-16(2-4)7-5-6(12-3-11-5)14-8(10)15-7/h1-3H,(H,11,12,14,15). The summed E-state index contributed by atoms with van der Waals surface area (Å²) in [6.45, 7) is 0. The Morgan fingerprint density at radius 1 is 1.25 bits per heavy atom. The zero-order valence-electron chi connectivity index (χ0n) is 7.72. The Morgan fingerprint density at radius 2 is 2.12 bits per heavy atom. The lowest BCUT2D eigenvalue weighted by atomic mass is 10.5. The fraction of sp³-hybridized carbons (Fsp3) is 0. The normalized spacial score (nSPS) is 11.1. The van der Waals surface area contributed by atoms with Gasteiger partial charge in [0.2, 0.25) is 5.28 Å². The summed E-state index contributed by atoms with van der Waals surface area (Å²) in [5.74, 6) is 0.513. The third kappa shape index (κ3) is 1.43. The highest BCUT2D eigenvalue weighted by molar-refractivity contribution is 6.30. The molecule has 16 heavy (non-hydrogen) atoms. The molecule has 0 aliphatic heterocycles. The van der Waals surface area contributed by atoms with Crippen LogP contribution in [0.2, 0.25) is 10.3 Å². The minimum Gasteiger partial charge on any atom is -0.340 e. The number of H-pyrrole nitrogens is 1. The van der Waals surface area contributed by atoms with Gasteiger partial charge in [0.15, 0.2) is 11.5 Å². The van der Waals surface area contributed by atoms with Crippen LogP contribution in [0.5, 0.6) is 0 Å². The summed E-state index contributed by atoms with van der Waals surface area (Å²) >= 11 is 11.6. The predicted octanol–water partition coefficient (Wildman–Crippen LogP) is 1.85. The molecule has 0 fully saturated rings. The number of halogens is 2. The summed E-state index contributed by atoms with van der Waals surface area (Å²) in [5.41, 5.74) is 1.14. The highest BCUT2D eigenvalue weighted by atomic mass is 35.5. The van der Waals surface area contributed by atoms with Gasteiger partial charge in [0.25, 0.3) is 0 Å². The largest absolute Gasteiger partial charge is 0.340 e. The van der Waals surface area contributed by atoms with Gasteiger partial charge in [-0.25, -0.2) is 9.67 Å². The van der Waals surface area contributed by atoms with Crippen LogP contribution in [0.15, 0.2) is 18.7 Å². The molecule has 0 aromatic carbocycles. The Labute approximate surface area is 99.3 Å². The van der Waals surface area contributed by atoms with E-state index >= 15 is 0 Å². The summed E-state index contributed by atoms with van der Waals surface area (Å²) in [4.78, 5) is 15.0. The SMILES string of the molecule is Clc1cnn(-c2nc(Cl)nc3nc[nH]c23)c1. The van der Waals surface area contributed by atoms with Gasteiger partial charge >= 0.3 is 0 Å². The van der Waals surface area contributed by atoms with Crippen LogP contribution in [0.1, 0.15) is 0 Å². The second-order valence-electron chi connectivity index (χ2n) is 3.02. The average Bonchev–Trinajstić information content (AvgIpc) is 2.84. The molecule has 8 heteroatoms. The summed E-state index contributed by atoms with van der Waals surface area (Å²) < 4.78 is 1.51. The molecule has 3 rings (SSSR count). The molecular weight excluding hydrogens is 251 g/mol. The number of hydrogen-bond donors (Lipinski definition) is 1. The van der Waals surface area contributed by atoms with Crippen LogP contribution >= 0.6 is 23.2 Å². The van der Waals surface area contributed by atoms with Crippen molar-refractivity contribution in [2.75, 3.05) is 0 Å². The van der Waals surface area contributed by atoms with Crippen molar-refractivity contribution < 1.29 is 0 Å². The van der Waals surface area contributed by atoms with Crippen LogP contribution in [0.4, 0.5) is 0 Å². The van der Waals surface area contributed by atoms with Gasteiger partial charge in [0, 0.05) is 0 Å². The third-order valence-corrected chi connectivity index (χ3v) is 2.37. The molecule has 0 saturated carbocycles. The van der Waals surface area contributed by atoms with Crippen LogP contribution in [-0.2, 0) is 0 Å². The van der Waals surface area contributed by atoms with E-state index in [0.29, 0.717) is 22.0 Å².